The summed E-state index contributed by atoms with van der Waals surface area (Å²) in [4.78, 5) is 0. The number of hydrogen-bond donors (Lipinski definition) is 0. The Morgan fingerprint density at radius 3 is 2.65 bits per heavy atom. The van der Waals surface area contributed by atoms with Gasteiger partial charge in [-0.2, -0.15) is 0 Å². The van der Waals surface area contributed by atoms with E-state index >= 15 is 0 Å². The molecule has 0 saturated heterocycles. The Morgan fingerprint density at radius 1 is 1.10 bits per heavy atom. The first kappa shape index (κ1) is 12.3. The van der Waals surface area contributed by atoms with Crippen molar-refractivity contribution in [3.8, 4) is 11.4 Å². The Kier molecular flexibility index (Phi) is 3.36. The van der Waals surface area contributed by atoms with Crippen molar-refractivity contribution in [3.63, 3.8) is 0 Å². The summed E-state index contributed by atoms with van der Waals surface area (Å²) >= 11 is 0. The third-order valence-electron chi connectivity index (χ3n) is 2.77. The van der Waals surface area contributed by atoms with Crippen LogP contribution in [0.5, 0.6) is 5.75 Å². The number of benzene rings is 2. The van der Waals surface area contributed by atoms with Gasteiger partial charge in [0.05, 0.1) is 5.69 Å². The molecule has 0 radical (unpaired) electrons. The van der Waals surface area contributed by atoms with Gasteiger partial charge in [0.1, 0.15) is 12.9 Å². The molecule has 6 heteroatoms. The zero-order chi connectivity index (χ0) is 13.8. The molecule has 0 atom stereocenters. The molecule has 1 heterocycles. The Morgan fingerprint density at radius 2 is 1.95 bits per heavy atom. The minimum absolute atomic E-state index is 0.200. The van der Waals surface area contributed by atoms with E-state index in [4.69, 9.17) is 4.74 Å². The van der Waals surface area contributed by atoms with Crippen LogP contribution < -0.4 is 4.74 Å². The van der Waals surface area contributed by atoms with Crippen molar-refractivity contribution in [2.45, 2.75) is 6.61 Å². The molecule has 100 valence electrons. The molecule has 0 amide bonds. The minimum atomic E-state index is -0.450. The number of aromatic nitrogens is 4. The fourth-order valence-electron chi connectivity index (χ4n) is 1.76. The standard InChI is InChI=1S/C14H11FN4O/c15-13-8-12(19-10-16-17-18-19)6-7-14(13)20-9-11-4-2-1-3-5-11/h1-8,10H,9H2. The average molecular weight is 270 g/mol. The maximum absolute atomic E-state index is 13.9. The lowest BCUT2D eigenvalue weighted by molar-refractivity contribution is 0.290. The van der Waals surface area contributed by atoms with Gasteiger partial charge in [-0.15, -0.1) is 5.10 Å². The molecule has 20 heavy (non-hydrogen) atoms. The zero-order valence-corrected chi connectivity index (χ0v) is 10.5. The molecule has 0 fully saturated rings. The SMILES string of the molecule is Fc1cc(-n2cnnn2)ccc1OCc1ccccc1. The third-order valence-corrected chi connectivity index (χ3v) is 2.77. The van der Waals surface area contributed by atoms with Crippen LogP contribution in [0.25, 0.3) is 5.69 Å². The highest BCUT2D eigenvalue weighted by atomic mass is 19.1. The van der Waals surface area contributed by atoms with E-state index < -0.39 is 5.82 Å². The fraction of sp³-hybridized carbons (Fsp3) is 0.0714. The molecule has 0 saturated carbocycles. The van der Waals surface area contributed by atoms with Crippen molar-refractivity contribution in [3.05, 3.63) is 66.2 Å². The molecule has 5 nitrogen and oxygen atoms in total. The van der Waals surface area contributed by atoms with E-state index in [1.807, 2.05) is 30.3 Å². The summed E-state index contributed by atoms with van der Waals surface area (Å²) in [7, 11) is 0. The molecule has 0 unspecified atom stereocenters. The monoisotopic (exact) mass is 270 g/mol. The van der Waals surface area contributed by atoms with Crippen LogP contribution in [-0.4, -0.2) is 20.2 Å². The molecule has 0 aliphatic heterocycles. The largest absolute Gasteiger partial charge is 0.486 e. The molecule has 0 N–H and O–H groups in total. The van der Waals surface area contributed by atoms with Gasteiger partial charge in [-0.05, 0) is 28.1 Å². The molecular formula is C14H11FN4O. The second kappa shape index (κ2) is 5.48. The number of hydrogen-bond acceptors (Lipinski definition) is 4. The van der Waals surface area contributed by atoms with E-state index in [9.17, 15) is 4.39 Å². The highest BCUT2D eigenvalue weighted by molar-refractivity contribution is 5.37. The van der Waals surface area contributed by atoms with Crippen molar-refractivity contribution in [1.29, 1.82) is 0 Å². The lowest BCUT2D eigenvalue weighted by Gasteiger charge is -2.08. The summed E-state index contributed by atoms with van der Waals surface area (Å²) in [6.07, 6.45) is 1.40. The second-order valence-electron chi connectivity index (χ2n) is 4.14. The normalized spacial score (nSPS) is 10.4. The highest BCUT2D eigenvalue weighted by Gasteiger charge is 2.07. The molecule has 0 bridgehead atoms. The van der Waals surface area contributed by atoms with Crippen molar-refractivity contribution in [2.75, 3.05) is 0 Å². The summed E-state index contributed by atoms with van der Waals surface area (Å²) in [5.41, 5.74) is 1.52. The van der Waals surface area contributed by atoms with Crippen LogP contribution >= 0.6 is 0 Å². The molecule has 0 spiro atoms. The quantitative estimate of drug-likeness (QED) is 0.730. The van der Waals surface area contributed by atoms with Crippen molar-refractivity contribution < 1.29 is 9.13 Å². The van der Waals surface area contributed by atoms with Gasteiger partial charge in [-0.3, -0.25) is 0 Å². The first-order valence-corrected chi connectivity index (χ1v) is 6.02. The Labute approximate surface area is 114 Å². The van der Waals surface area contributed by atoms with Gasteiger partial charge in [0, 0.05) is 6.07 Å². The van der Waals surface area contributed by atoms with E-state index in [1.165, 1.54) is 17.1 Å². The first-order chi connectivity index (χ1) is 9.83. The molecule has 3 aromatic rings. The topological polar surface area (TPSA) is 52.8 Å². The summed E-state index contributed by atoms with van der Waals surface area (Å²) in [6, 6.07) is 14.2. The van der Waals surface area contributed by atoms with Gasteiger partial charge >= 0.3 is 0 Å². The summed E-state index contributed by atoms with van der Waals surface area (Å²) in [6.45, 7) is 0.321. The van der Waals surface area contributed by atoms with Gasteiger partial charge in [0.15, 0.2) is 11.6 Å². The predicted molar refractivity (Wildman–Crippen MR) is 69.9 cm³/mol. The van der Waals surface area contributed by atoms with Crippen molar-refractivity contribution >= 4 is 0 Å². The predicted octanol–water partition coefficient (Wildman–Crippen LogP) is 2.38. The number of rotatable bonds is 4. The third kappa shape index (κ3) is 2.64. The summed E-state index contributed by atoms with van der Waals surface area (Å²) in [5, 5.41) is 10.7. The van der Waals surface area contributed by atoms with Crippen molar-refractivity contribution in [1.82, 2.24) is 20.2 Å². The molecule has 0 aliphatic carbocycles. The second-order valence-corrected chi connectivity index (χ2v) is 4.14. The molecule has 2 aromatic carbocycles. The number of tetrazole rings is 1. The van der Waals surface area contributed by atoms with E-state index in [1.54, 1.807) is 12.1 Å². The maximum Gasteiger partial charge on any atom is 0.167 e. The summed E-state index contributed by atoms with van der Waals surface area (Å²) in [5.74, 6) is -0.250. The van der Waals surface area contributed by atoms with Crippen LogP contribution in [0.4, 0.5) is 4.39 Å². The average Bonchev–Trinajstić information content (AvgIpc) is 3.01. The fourth-order valence-corrected chi connectivity index (χ4v) is 1.76. The zero-order valence-electron chi connectivity index (χ0n) is 10.5. The minimum Gasteiger partial charge on any atom is -0.486 e. The van der Waals surface area contributed by atoms with E-state index in [0.717, 1.165) is 5.56 Å². The van der Waals surface area contributed by atoms with Crippen LogP contribution in [0.15, 0.2) is 54.9 Å². The smallest absolute Gasteiger partial charge is 0.167 e. The lowest BCUT2D eigenvalue weighted by atomic mass is 10.2. The van der Waals surface area contributed by atoms with Crippen molar-refractivity contribution in [2.24, 2.45) is 0 Å². The molecule has 3 rings (SSSR count). The Bertz CT molecular complexity index is 686. The maximum atomic E-state index is 13.9. The summed E-state index contributed by atoms with van der Waals surface area (Å²) < 4.78 is 20.8. The van der Waals surface area contributed by atoms with Gasteiger partial charge < -0.3 is 4.74 Å². The lowest BCUT2D eigenvalue weighted by Crippen LogP contribution is -2.00. The number of halogens is 1. The Balaban J connectivity index is 1.75. The van der Waals surface area contributed by atoms with Crippen LogP contribution in [0.1, 0.15) is 5.56 Å². The molecule has 0 aliphatic rings. The highest BCUT2D eigenvalue weighted by Crippen LogP contribution is 2.21. The van der Waals surface area contributed by atoms with Crippen LogP contribution in [-0.2, 0) is 6.61 Å². The van der Waals surface area contributed by atoms with Gasteiger partial charge in [-0.25, -0.2) is 9.07 Å². The van der Waals surface area contributed by atoms with Gasteiger partial charge in [0.2, 0.25) is 0 Å². The number of ether oxygens (including phenoxy) is 1. The van der Waals surface area contributed by atoms with Gasteiger partial charge in [0.25, 0.3) is 0 Å². The van der Waals surface area contributed by atoms with Gasteiger partial charge in [-0.1, -0.05) is 30.3 Å². The first-order valence-electron chi connectivity index (χ1n) is 6.02. The van der Waals surface area contributed by atoms with Crippen LogP contribution in [0, 0.1) is 5.82 Å². The van der Waals surface area contributed by atoms with Crippen LogP contribution in [0.2, 0.25) is 0 Å². The van der Waals surface area contributed by atoms with E-state index in [2.05, 4.69) is 15.5 Å². The van der Waals surface area contributed by atoms with E-state index in [-0.39, 0.29) is 5.75 Å². The molecule has 1 aromatic heterocycles. The van der Waals surface area contributed by atoms with E-state index in [0.29, 0.717) is 12.3 Å². The Hall–Kier alpha value is -2.76. The number of nitrogens with zero attached hydrogens (tertiary/aromatic N) is 4. The molecular weight excluding hydrogens is 259 g/mol. The van der Waals surface area contributed by atoms with Crippen LogP contribution in [0.3, 0.4) is 0 Å².